The zero-order chi connectivity index (χ0) is 22.0. The summed E-state index contributed by atoms with van der Waals surface area (Å²) in [6, 6.07) is 19.8. The molecule has 3 aromatic carbocycles. The van der Waals surface area contributed by atoms with Crippen molar-refractivity contribution >= 4 is 28.8 Å². The van der Waals surface area contributed by atoms with Crippen molar-refractivity contribution in [3.8, 4) is 11.5 Å². The van der Waals surface area contributed by atoms with Crippen molar-refractivity contribution in [2.45, 2.75) is 33.6 Å². The highest BCUT2D eigenvalue weighted by molar-refractivity contribution is 6.02. The van der Waals surface area contributed by atoms with Gasteiger partial charge in [-0.2, -0.15) is 0 Å². The van der Waals surface area contributed by atoms with Crippen LogP contribution in [0.3, 0.4) is 0 Å². The molecule has 0 fully saturated rings. The largest absolute Gasteiger partial charge is 0.436 e. The van der Waals surface area contributed by atoms with E-state index in [0.717, 1.165) is 11.1 Å². The normalized spacial score (nSPS) is 11.5. The summed E-state index contributed by atoms with van der Waals surface area (Å²) >= 11 is 0. The molecular formula is C27H26N2O2. The van der Waals surface area contributed by atoms with Crippen LogP contribution in [0.2, 0.25) is 0 Å². The number of hydrogen-bond acceptors (Lipinski definition) is 3. The minimum atomic E-state index is -0.190. The smallest absolute Gasteiger partial charge is 0.248 e. The highest BCUT2D eigenvalue weighted by Crippen LogP contribution is 2.27. The van der Waals surface area contributed by atoms with Crippen LogP contribution in [0.15, 0.2) is 71.2 Å². The van der Waals surface area contributed by atoms with Gasteiger partial charge in [-0.1, -0.05) is 44.2 Å². The van der Waals surface area contributed by atoms with Gasteiger partial charge in [0.25, 0.3) is 0 Å². The van der Waals surface area contributed by atoms with Crippen molar-refractivity contribution in [2.24, 2.45) is 0 Å². The van der Waals surface area contributed by atoms with Gasteiger partial charge >= 0.3 is 0 Å². The van der Waals surface area contributed by atoms with Crippen molar-refractivity contribution in [2.75, 3.05) is 5.32 Å². The predicted octanol–water partition coefficient (Wildman–Crippen LogP) is 6.89. The fourth-order valence-electron chi connectivity index (χ4n) is 3.35. The third-order valence-electron chi connectivity index (χ3n) is 5.44. The molecule has 1 aromatic heterocycles. The van der Waals surface area contributed by atoms with Gasteiger partial charge in [0.2, 0.25) is 11.8 Å². The van der Waals surface area contributed by atoms with Crippen LogP contribution >= 0.6 is 0 Å². The molecule has 0 spiro atoms. The van der Waals surface area contributed by atoms with Crippen LogP contribution in [0.1, 0.15) is 42.0 Å². The number of benzene rings is 3. The monoisotopic (exact) mass is 410 g/mol. The minimum Gasteiger partial charge on any atom is -0.436 e. The number of nitrogens with one attached hydrogen (secondary N) is 1. The van der Waals surface area contributed by atoms with Crippen molar-refractivity contribution in [3.63, 3.8) is 0 Å². The van der Waals surface area contributed by atoms with Gasteiger partial charge in [0.15, 0.2) is 5.58 Å². The lowest BCUT2D eigenvalue weighted by atomic mass is 10.0. The third-order valence-corrected chi connectivity index (χ3v) is 5.44. The summed E-state index contributed by atoms with van der Waals surface area (Å²) in [5.74, 6) is 0.875. The highest BCUT2D eigenvalue weighted by atomic mass is 16.3. The van der Waals surface area contributed by atoms with Gasteiger partial charge in [-0.25, -0.2) is 4.98 Å². The minimum absolute atomic E-state index is 0.190. The van der Waals surface area contributed by atoms with Crippen LogP contribution in [0.4, 0.5) is 5.69 Å². The van der Waals surface area contributed by atoms with Gasteiger partial charge in [0, 0.05) is 17.3 Å². The Balaban J connectivity index is 1.48. The SMILES string of the molecule is Cc1ccc(-c2nc3cc(NC(=O)/C=C/c4ccc(C(C)C)cc4)ccc3o2)cc1C. The summed E-state index contributed by atoms with van der Waals surface area (Å²) in [7, 11) is 0. The molecule has 0 aliphatic heterocycles. The maximum absolute atomic E-state index is 12.4. The quantitative estimate of drug-likeness (QED) is 0.365. The van der Waals surface area contributed by atoms with Gasteiger partial charge in [-0.15, -0.1) is 0 Å². The number of fused-ring (bicyclic) bond motifs is 1. The fraction of sp³-hybridized carbons (Fsp3) is 0.185. The van der Waals surface area contributed by atoms with Gasteiger partial charge in [0.1, 0.15) is 5.52 Å². The lowest BCUT2D eigenvalue weighted by molar-refractivity contribution is -0.111. The molecule has 0 unspecified atom stereocenters. The summed E-state index contributed by atoms with van der Waals surface area (Å²) in [4.78, 5) is 17.0. The average molecular weight is 411 g/mol. The summed E-state index contributed by atoms with van der Waals surface area (Å²) in [6.45, 7) is 8.47. The van der Waals surface area contributed by atoms with Crippen LogP contribution in [-0.2, 0) is 4.79 Å². The van der Waals surface area contributed by atoms with Crippen molar-refractivity contribution in [1.82, 2.24) is 4.98 Å². The summed E-state index contributed by atoms with van der Waals surface area (Å²) in [5.41, 5.74) is 7.71. The Morgan fingerprint density at radius 2 is 1.74 bits per heavy atom. The molecule has 1 N–H and O–H groups in total. The van der Waals surface area contributed by atoms with Gasteiger partial charge in [-0.05, 0) is 78.4 Å². The van der Waals surface area contributed by atoms with E-state index >= 15 is 0 Å². The van der Waals surface area contributed by atoms with Crippen LogP contribution in [0.25, 0.3) is 28.6 Å². The Kier molecular flexibility index (Phi) is 5.72. The maximum Gasteiger partial charge on any atom is 0.248 e. The molecule has 0 atom stereocenters. The van der Waals surface area contributed by atoms with Crippen LogP contribution < -0.4 is 5.32 Å². The molecule has 0 saturated heterocycles. The number of carbonyl (C=O) groups excluding carboxylic acids is 1. The Hall–Kier alpha value is -3.66. The topological polar surface area (TPSA) is 55.1 Å². The predicted molar refractivity (Wildman–Crippen MR) is 127 cm³/mol. The molecule has 1 amide bonds. The number of nitrogens with zero attached hydrogens (tertiary/aromatic N) is 1. The number of aryl methyl sites for hydroxylation is 2. The van der Waals surface area contributed by atoms with Crippen molar-refractivity contribution in [3.05, 3.63) is 89.0 Å². The molecule has 4 rings (SSSR count). The van der Waals surface area contributed by atoms with E-state index in [1.165, 1.54) is 22.8 Å². The zero-order valence-electron chi connectivity index (χ0n) is 18.3. The molecule has 0 bridgehead atoms. The summed E-state index contributed by atoms with van der Waals surface area (Å²) in [5, 5.41) is 2.89. The van der Waals surface area contributed by atoms with Crippen molar-refractivity contribution < 1.29 is 9.21 Å². The first-order chi connectivity index (χ1) is 14.9. The number of aromatic nitrogens is 1. The fourth-order valence-corrected chi connectivity index (χ4v) is 3.35. The zero-order valence-corrected chi connectivity index (χ0v) is 18.3. The van der Waals surface area contributed by atoms with Crippen LogP contribution in [0, 0.1) is 13.8 Å². The summed E-state index contributed by atoms with van der Waals surface area (Å²) in [6.07, 6.45) is 3.35. The second kappa shape index (κ2) is 8.60. The number of hydrogen-bond donors (Lipinski definition) is 1. The van der Waals surface area contributed by atoms with E-state index in [1.807, 2.05) is 42.5 Å². The Morgan fingerprint density at radius 1 is 0.968 bits per heavy atom. The summed E-state index contributed by atoms with van der Waals surface area (Å²) < 4.78 is 5.90. The van der Waals surface area contributed by atoms with Gasteiger partial charge < -0.3 is 9.73 Å². The average Bonchev–Trinajstić information content (AvgIpc) is 3.18. The second-order valence-corrected chi connectivity index (χ2v) is 8.14. The molecular weight excluding hydrogens is 384 g/mol. The number of rotatable bonds is 5. The third kappa shape index (κ3) is 4.75. The van der Waals surface area contributed by atoms with E-state index in [9.17, 15) is 4.79 Å². The van der Waals surface area contributed by atoms with E-state index in [4.69, 9.17) is 4.42 Å². The van der Waals surface area contributed by atoms with E-state index in [1.54, 1.807) is 0 Å². The molecule has 0 radical (unpaired) electrons. The molecule has 0 saturated carbocycles. The highest BCUT2D eigenvalue weighted by Gasteiger charge is 2.10. The maximum atomic E-state index is 12.4. The lowest BCUT2D eigenvalue weighted by Crippen LogP contribution is -2.07. The van der Waals surface area contributed by atoms with E-state index in [0.29, 0.717) is 28.6 Å². The first-order valence-corrected chi connectivity index (χ1v) is 10.5. The number of amides is 1. The first-order valence-electron chi connectivity index (χ1n) is 10.5. The van der Waals surface area contributed by atoms with E-state index < -0.39 is 0 Å². The van der Waals surface area contributed by atoms with Crippen molar-refractivity contribution in [1.29, 1.82) is 0 Å². The standard InChI is InChI=1S/C27H26N2O2/c1-17(2)21-10-6-20(7-11-21)8-14-26(30)28-23-12-13-25-24(16-23)29-27(31-25)22-9-5-18(3)19(4)15-22/h5-17H,1-4H3,(H,28,30)/b14-8+. The first kappa shape index (κ1) is 20.6. The van der Waals surface area contributed by atoms with Crippen LogP contribution in [-0.4, -0.2) is 10.9 Å². The second-order valence-electron chi connectivity index (χ2n) is 8.14. The van der Waals surface area contributed by atoms with E-state index in [2.05, 4.69) is 62.3 Å². The molecule has 156 valence electrons. The van der Waals surface area contributed by atoms with Gasteiger partial charge in [0.05, 0.1) is 0 Å². The van der Waals surface area contributed by atoms with E-state index in [-0.39, 0.29) is 5.91 Å². The molecule has 0 aliphatic rings. The molecule has 31 heavy (non-hydrogen) atoms. The molecule has 4 aromatic rings. The van der Waals surface area contributed by atoms with Gasteiger partial charge in [-0.3, -0.25) is 4.79 Å². The number of anilines is 1. The lowest BCUT2D eigenvalue weighted by Gasteiger charge is -2.04. The number of carbonyl (C=O) groups is 1. The Labute approximate surface area is 182 Å². The molecule has 4 heteroatoms. The number of oxazole rings is 1. The Bertz CT molecular complexity index is 1260. The van der Waals surface area contributed by atoms with Crippen LogP contribution in [0.5, 0.6) is 0 Å². The molecule has 0 aliphatic carbocycles. The molecule has 1 heterocycles. The Morgan fingerprint density at radius 3 is 2.45 bits per heavy atom. The molecule has 4 nitrogen and oxygen atoms in total.